The number of fused-ring (bicyclic) bond motifs is 1. The molecule has 25 heavy (non-hydrogen) atoms. The molecule has 0 unspecified atom stereocenters. The molecule has 0 spiro atoms. The fraction of sp³-hybridized carbons (Fsp3) is 0.136. The third-order valence-electron chi connectivity index (χ3n) is 4.26. The first-order chi connectivity index (χ1) is 12.3. The van der Waals surface area contributed by atoms with E-state index in [0.29, 0.717) is 18.9 Å². The Morgan fingerprint density at radius 1 is 0.880 bits per heavy atom. The summed E-state index contributed by atoms with van der Waals surface area (Å²) in [6, 6.07) is 24.3. The lowest BCUT2D eigenvalue weighted by atomic mass is 10.1. The van der Waals surface area contributed by atoms with Gasteiger partial charge in [0, 0.05) is 17.4 Å². The summed E-state index contributed by atoms with van der Waals surface area (Å²) in [4.78, 5) is 4.63. The summed E-state index contributed by atoms with van der Waals surface area (Å²) in [5.74, 6) is 2.42. The van der Waals surface area contributed by atoms with Gasteiger partial charge in [0.15, 0.2) is 0 Å². The summed E-state index contributed by atoms with van der Waals surface area (Å²) in [6.07, 6.45) is 0.714. The predicted octanol–water partition coefficient (Wildman–Crippen LogP) is 5.42. The second kappa shape index (κ2) is 6.81. The smallest absolute Gasteiger partial charge is 0.226 e. The maximum atomic E-state index is 6.01. The molecular formula is C22H19NO2. The van der Waals surface area contributed by atoms with Gasteiger partial charge in [0.1, 0.15) is 11.5 Å². The molecule has 0 radical (unpaired) electrons. The van der Waals surface area contributed by atoms with Gasteiger partial charge in [-0.2, -0.15) is 0 Å². The van der Waals surface area contributed by atoms with Gasteiger partial charge in [-0.25, -0.2) is 4.98 Å². The van der Waals surface area contributed by atoms with Crippen molar-refractivity contribution >= 4 is 10.8 Å². The van der Waals surface area contributed by atoms with Gasteiger partial charge in [-0.05, 0) is 30.5 Å². The fourth-order valence-corrected chi connectivity index (χ4v) is 2.94. The first-order valence-electron chi connectivity index (χ1n) is 8.43. The lowest BCUT2D eigenvalue weighted by molar-refractivity contribution is 0.323. The molecule has 124 valence electrons. The van der Waals surface area contributed by atoms with Crippen molar-refractivity contribution < 1.29 is 9.15 Å². The van der Waals surface area contributed by atoms with Gasteiger partial charge in [0.25, 0.3) is 0 Å². The normalized spacial score (nSPS) is 10.9. The van der Waals surface area contributed by atoms with Gasteiger partial charge < -0.3 is 9.15 Å². The Balaban J connectivity index is 1.48. The van der Waals surface area contributed by atoms with Crippen molar-refractivity contribution in [1.29, 1.82) is 0 Å². The Labute approximate surface area is 146 Å². The third-order valence-corrected chi connectivity index (χ3v) is 4.26. The Morgan fingerprint density at radius 2 is 1.64 bits per heavy atom. The van der Waals surface area contributed by atoms with Crippen LogP contribution in [0.25, 0.3) is 22.2 Å². The molecule has 3 aromatic carbocycles. The van der Waals surface area contributed by atoms with Crippen molar-refractivity contribution in [3.8, 4) is 17.2 Å². The molecule has 0 saturated heterocycles. The Hall–Kier alpha value is -3.07. The molecule has 0 aliphatic carbocycles. The predicted molar refractivity (Wildman–Crippen MR) is 99.8 cm³/mol. The van der Waals surface area contributed by atoms with E-state index in [9.17, 15) is 0 Å². The third kappa shape index (κ3) is 3.26. The zero-order valence-corrected chi connectivity index (χ0v) is 14.1. The largest absolute Gasteiger partial charge is 0.493 e. The van der Waals surface area contributed by atoms with Crippen LogP contribution in [-0.2, 0) is 6.42 Å². The van der Waals surface area contributed by atoms with Crippen LogP contribution >= 0.6 is 0 Å². The molecule has 0 fully saturated rings. The second-order valence-electron chi connectivity index (χ2n) is 5.96. The van der Waals surface area contributed by atoms with Crippen LogP contribution < -0.4 is 4.74 Å². The summed E-state index contributed by atoms with van der Waals surface area (Å²) < 4.78 is 11.8. The van der Waals surface area contributed by atoms with E-state index >= 15 is 0 Å². The number of aryl methyl sites for hydroxylation is 1. The van der Waals surface area contributed by atoms with E-state index in [2.05, 4.69) is 23.2 Å². The molecule has 3 nitrogen and oxygen atoms in total. The number of rotatable bonds is 5. The molecule has 0 amide bonds. The number of oxazole rings is 1. The van der Waals surface area contributed by atoms with Crippen molar-refractivity contribution in [2.75, 3.05) is 6.61 Å². The first-order valence-corrected chi connectivity index (χ1v) is 8.43. The average molecular weight is 329 g/mol. The molecule has 4 rings (SSSR count). The Morgan fingerprint density at radius 3 is 2.52 bits per heavy atom. The molecule has 3 heteroatoms. The maximum absolute atomic E-state index is 6.01. The van der Waals surface area contributed by atoms with Crippen LogP contribution in [0.3, 0.4) is 0 Å². The SMILES string of the molecule is Cc1oc(-c2ccccc2)nc1CCOc1cccc2ccccc12. The van der Waals surface area contributed by atoms with Crippen molar-refractivity contribution in [3.63, 3.8) is 0 Å². The van der Waals surface area contributed by atoms with Crippen molar-refractivity contribution in [1.82, 2.24) is 4.98 Å². The summed E-state index contributed by atoms with van der Waals surface area (Å²) in [7, 11) is 0. The average Bonchev–Trinajstić information content (AvgIpc) is 3.03. The van der Waals surface area contributed by atoms with Crippen LogP contribution in [0, 0.1) is 6.92 Å². The number of hydrogen-bond donors (Lipinski definition) is 0. The van der Waals surface area contributed by atoms with Gasteiger partial charge in [0.2, 0.25) is 5.89 Å². The molecule has 0 bridgehead atoms. The fourth-order valence-electron chi connectivity index (χ4n) is 2.94. The highest BCUT2D eigenvalue weighted by Crippen LogP contribution is 2.26. The topological polar surface area (TPSA) is 35.3 Å². The highest BCUT2D eigenvalue weighted by molar-refractivity contribution is 5.88. The summed E-state index contributed by atoms with van der Waals surface area (Å²) >= 11 is 0. The van der Waals surface area contributed by atoms with E-state index in [-0.39, 0.29) is 0 Å². The second-order valence-corrected chi connectivity index (χ2v) is 5.96. The van der Waals surface area contributed by atoms with E-state index in [1.807, 2.05) is 61.5 Å². The molecule has 0 aliphatic rings. The van der Waals surface area contributed by atoms with Gasteiger partial charge in [0.05, 0.1) is 12.3 Å². The Kier molecular flexibility index (Phi) is 4.21. The summed E-state index contributed by atoms with van der Waals surface area (Å²) in [6.45, 7) is 2.52. The van der Waals surface area contributed by atoms with E-state index < -0.39 is 0 Å². The lowest BCUT2D eigenvalue weighted by Gasteiger charge is -2.08. The van der Waals surface area contributed by atoms with E-state index in [1.54, 1.807) is 0 Å². The van der Waals surface area contributed by atoms with Crippen LogP contribution in [0.2, 0.25) is 0 Å². The molecule has 0 N–H and O–H groups in total. The van der Waals surface area contributed by atoms with Gasteiger partial charge in [-0.1, -0.05) is 54.6 Å². The number of nitrogens with zero attached hydrogens (tertiary/aromatic N) is 1. The highest BCUT2D eigenvalue weighted by Gasteiger charge is 2.11. The summed E-state index contributed by atoms with van der Waals surface area (Å²) in [5.41, 5.74) is 1.94. The van der Waals surface area contributed by atoms with Crippen LogP contribution in [0.5, 0.6) is 5.75 Å². The number of hydrogen-bond acceptors (Lipinski definition) is 3. The van der Waals surface area contributed by atoms with Gasteiger partial charge in [-0.15, -0.1) is 0 Å². The zero-order chi connectivity index (χ0) is 17.1. The van der Waals surface area contributed by atoms with Crippen LogP contribution in [-0.4, -0.2) is 11.6 Å². The minimum Gasteiger partial charge on any atom is -0.493 e. The number of ether oxygens (including phenoxy) is 1. The number of benzene rings is 3. The standard InChI is InChI=1S/C22H19NO2/c1-16-20(23-22(25-16)18-9-3-2-4-10-18)14-15-24-21-13-7-11-17-8-5-6-12-19(17)21/h2-13H,14-15H2,1H3. The van der Waals surface area contributed by atoms with Gasteiger partial charge in [-0.3, -0.25) is 0 Å². The molecular weight excluding hydrogens is 310 g/mol. The lowest BCUT2D eigenvalue weighted by Crippen LogP contribution is -2.03. The van der Waals surface area contributed by atoms with Crippen molar-refractivity contribution in [2.45, 2.75) is 13.3 Å². The maximum Gasteiger partial charge on any atom is 0.226 e. The minimum atomic E-state index is 0.565. The minimum absolute atomic E-state index is 0.565. The van der Waals surface area contributed by atoms with Crippen LogP contribution in [0.15, 0.2) is 77.2 Å². The van der Waals surface area contributed by atoms with E-state index in [1.165, 1.54) is 5.39 Å². The number of aromatic nitrogens is 1. The van der Waals surface area contributed by atoms with Crippen LogP contribution in [0.1, 0.15) is 11.5 Å². The highest BCUT2D eigenvalue weighted by atomic mass is 16.5. The molecule has 1 aromatic heterocycles. The van der Waals surface area contributed by atoms with Crippen molar-refractivity contribution in [2.24, 2.45) is 0 Å². The molecule has 0 saturated carbocycles. The quantitative estimate of drug-likeness (QED) is 0.490. The Bertz CT molecular complexity index is 984. The van der Waals surface area contributed by atoms with Crippen LogP contribution in [0.4, 0.5) is 0 Å². The molecule has 0 atom stereocenters. The first kappa shape index (κ1) is 15.5. The van der Waals surface area contributed by atoms with E-state index in [0.717, 1.165) is 28.2 Å². The monoisotopic (exact) mass is 329 g/mol. The van der Waals surface area contributed by atoms with Crippen molar-refractivity contribution in [3.05, 3.63) is 84.3 Å². The van der Waals surface area contributed by atoms with E-state index in [4.69, 9.17) is 9.15 Å². The molecule has 1 heterocycles. The molecule has 4 aromatic rings. The molecule has 0 aliphatic heterocycles. The summed E-state index contributed by atoms with van der Waals surface area (Å²) in [5, 5.41) is 2.32. The zero-order valence-electron chi connectivity index (χ0n) is 14.1. The van der Waals surface area contributed by atoms with Gasteiger partial charge >= 0.3 is 0 Å².